The van der Waals surface area contributed by atoms with Gasteiger partial charge in [0.05, 0.1) is 4.90 Å². The summed E-state index contributed by atoms with van der Waals surface area (Å²) in [5.41, 5.74) is 1.21. The fraction of sp³-hybridized carbons (Fsp3) is 0.0833. The van der Waals surface area contributed by atoms with Gasteiger partial charge >= 0.3 is 0 Å². The molecule has 5 nitrogen and oxygen atoms in total. The molecule has 0 spiro atoms. The molecule has 0 bridgehead atoms. The van der Waals surface area contributed by atoms with Crippen molar-refractivity contribution < 1.29 is 13.1 Å². The fourth-order valence-corrected chi connectivity index (χ4v) is 2.49. The van der Waals surface area contributed by atoms with E-state index in [9.17, 15) is 13.6 Å². The van der Waals surface area contributed by atoms with Crippen molar-refractivity contribution in [1.82, 2.24) is 0 Å². The van der Waals surface area contributed by atoms with E-state index in [1.165, 1.54) is 30.5 Å². The summed E-state index contributed by atoms with van der Waals surface area (Å²) in [6.45, 7) is 1.88. The second-order valence-corrected chi connectivity index (χ2v) is 5.55. The van der Waals surface area contributed by atoms with Crippen LogP contribution in [0.3, 0.4) is 0 Å². The number of anilines is 1. The van der Waals surface area contributed by atoms with Crippen LogP contribution in [0.15, 0.2) is 53.7 Å². The van der Waals surface area contributed by atoms with Crippen LogP contribution in [0.1, 0.15) is 5.56 Å². The van der Waals surface area contributed by atoms with E-state index in [4.69, 9.17) is 0 Å². The lowest BCUT2D eigenvalue weighted by atomic mass is 10.2. The largest absolute Gasteiger partial charge is 0.619 e. The Morgan fingerprint density at radius 3 is 2.44 bits per heavy atom. The van der Waals surface area contributed by atoms with Gasteiger partial charge < -0.3 is 5.21 Å². The zero-order valence-electron chi connectivity index (χ0n) is 9.70. The normalized spacial score (nSPS) is 11.2. The van der Waals surface area contributed by atoms with E-state index in [1.54, 1.807) is 12.1 Å². The van der Waals surface area contributed by atoms with E-state index >= 15 is 0 Å². The van der Waals surface area contributed by atoms with E-state index in [1.807, 2.05) is 6.92 Å². The van der Waals surface area contributed by atoms with Gasteiger partial charge in [-0.15, -0.1) is 0 Å². The Hall–Kier alpha value is -2.08. The van der Waals surface area contributed by atoms with Gasteiger partial charge in [-0.2, -0.15) is 4.73 Å². The van der Waals surface area contributed by atoms with Crippen LogP contribution in [0, 0.1) is 12.1 Å². The molecule has 0 saturated carbocycles. The molecule has 2 aromatic rings. The topological polar surface area (TPSA) is 73.1 Å². The molecule has 1 aromatic heterocycles. The second kappa shape index (κ2) is 4.66. The third-order valence-electron chi connectivity index (χ3n) is 2.36. The Labute approximate surface area is 105 Å². The SMILES string of the molecule is Cc1ccc(S(=O)(=O)Nc2ccc[n+]([O-])c2)cc1. The van der Waals surface area contributed by atoms with Crippen LogP contribution in [0.25, 0.3) is 0 Å². The van der Waals surface area contributed by atoms with Gasteiger partial charge in [-0.1, -0.05) is 17.7 Å². The lowest BCUT2D eigenvalue weighted by Crippen LogP contribution is -2.25. The van der Waals surface area contributed by atoms with Crippen molar-refractivity contribution in [2.75, 3.05) is 4.72 Å². The van der Waals surface area contributed by atoms with Gasteiger partial charge in [0, 0.05) is 6.07 Å². The summed E-state index contributed by atoms with van der Waals surface area (Å²) in [5, 5.41) is 11.0. The lowest BCUT2D eigenvalue weighted by molar-refractivity contribution is -0.604. The van der Waals surface area contributed by atoms with Crippen molar-refractivity contribution in [3.63, 3.8) is 0 Å². The molecule has 0 radical (unpaired) electrons. The molecule has 0 amide bonds. The van der Waals surface area contributed by atoms with E-state index < -0.39 is 10.0 Å². The number of sulfonamides is 1. The predicted molar refractivity (Wildman–Crippen MR) is 67.4 cm³/mol. The maximum Gasteiger partial charge on any atom is 0.262 e. The van der Waals surface area contributed by atoms with Crippen LogP contribution in [-0.2, 0) is 10.0 Å². The number of nitrogens with zero attached hydrogens (tertiary/aromatic N) is 1. The summed E-state index contributed by atoms with van der Waals surface area (Å²) in [5.74, 6) is 0. The van der Waals surface area contributed by atoms with E-state index in [-0.39, 0.29) is 10.6 Å². The van der Waals surface area contributed by atoms with E-state index in [0.29, 0.717) is 4.73 Å². The summed E-state index contributed by atoms with van der Waals surface area (Å²) < 4.78 is 26.9. The van der Waals surface area contributed by atoms with E-state index in [2.05, 4.69) is 4.72 Å². The minimum Gasteiger partial charge on any atom is -0.619 e. The molecule has 94 valence electrons. The van der Waals surface area contributed by atoms with Gasteiger partial charge in [-0.3, -0.25) is 4.72 Å². The molecule has 18 heavy (non-hydrogen) atoms. The first-order valence-corrected chi connectivity index (χ1v) is 6.74. The molecule has 0 atom stereocenters. The summed E-state index contributed by atoms with van der Waals surface area (Å²) in [6.07, 6.45) is 2.44. The van der Waals surface area contributed by atoms with Crippen molar-refractivity contribution in [1.29, 1.82) is 0 Å². The highest BCUT2D eigenvalue weighted by Crippen LogP contribution is 2.14. The minimum atomic E-state index is -3.65. The zero-order valence-corrected chi connectivity index (χ0v) is 10.5. The molecular formula is C12H12N2O3S. The summed E-state index contributed by atoms with van der Waals surface area (Å²) >= 11 is 0. The zero-order chi connectivity index (χ0) is 13.2. The van der Waals surface area contributed by atoms with Crippen LogP contribution >= 0.6 is 0 Å². The number of pyridine rings is 1. The maximum atomic E-state index is 12.0. The lowest BCUT2D eigenvalue weighted by Gasteiger charge is -2.07. The Bertz CT molecular complexity index is 651. The first-order chi connectivity index (χ1) is 8.47. The molecule has 2 rings (SSSR count). The van der Waals surface area contributed by atoms with Gasteiger partial charge in [0.2, 0.25) is 6.20 Å². The van der Waals surface area contributed by atoms with Gasteiger partial charge in [-0.25, -0.2) is 8.42 Å². The maximum absolute atomic E-state index is 12.0. The second-order valence-electron chi connectivity index (χ2n) is 3.87. The molecule has 1 aromatic carbocycles. The van der Waals surface area contributed by atoms with Crippen molar-refractivity contribution in [3.8, 4) is 0 Å². The molecule has 0 aliphatic heterocycles. The van der Waals surface area contributed by atoms with Crippen LogP contribution in [0.4, 0.5) is 5.69 Å². The predicted octanol–water partition coefficient (Wildman–Crippen LogP) is 1.43. The molecule has 0 aliphatic carbocycles. The van der Waals surface area contributed by atoms with Gasteiger partial charge in [0.25, 0.3) is 10.0 Å². The highest BCUT2D eigenvalue weighted by atomic mass is 32.2. The van der Waals surface area contributed by atoms with Gasteiger partial charge in [0.15, 0.2) is 6.20 Å². The smallest absolute Gasteiger partial charge is 0.262 e. The van der Waals surface area contributed by atoms with Gasteiger partial charge in [-0.05, 0) is 25.1 Å². The van der Waals surface area contributed by atoms with Crippen molar-refractivity contribution in [2.24, 2.45) is 0 Å². The number of benzene rings is 1. The van der Waals surface area contributed by atoms with Crippen LogP contribution < -0.4 is 9.45 Å². The summed E-state index contributed by atoms with van der Waals surface area (Å²) in [4.78, 5) is 0.161. The molecule has 6 heteroatoms. The molecule has 1 N–H and O–H groups in total. The third-order valence-corrected chi connectivity index (χ3v) is 3.76. The number of hydrogen-bond donors (Lipinski definition) is 1. The van der Waals surface area contributed by atoms with Gasteiger partial charge in [0.1, 0.15) is 5.69 Å². The van der Waals surface area contributed by atoms with E-state index in [0.717, 1.165) is 11.8 Å². The number of hydrogen-bond acceptors (Lipinski definition) is 3. The standard InChI is InChI=1S/C12H12N2O3S/c1-10-4-6-12(7-5-10)18(16,17)13-11-3-2-8-14(15)9-11/h2-9,13H,1H3. The molecular weight excluding hydrogens is 252 g/mol. The third kappa shape index (κ3) is 2.78. The fourth-order valence-electron chi connectivity index (χ4n) is 1.45. The quantitative estimate of drug-likeness (QED) is 0.673. The Balaban J connectivity index is 2.30. The first kappa shape index (κ1) is 12.4. The average Bonchev–Trinajstić information content (AvgIpc) is 2.29. The number of aryl methyl sites for hydroxylation is 1. The Morgan fingerprint density at radius 2 is 1.83 bits per heavy atom. The molecule has 0 aliphatic rings. The average molecular weight is 264 g/mol. The highest BCUT2D eigenvalue weighted by molar-refractivity contribution is 7.92. The summed E-state index contributed by atoms with van der Waals surface area (Å²) in [6, 6.07) is 9.46. The number of nitrogens with one attached hydrogen (secondary N) is 1. The van der Waals surface area contributed by atoms with Crippen LogP contribution in [-0.4, -0.2) is 8.42 Å². The molecule has 1 heterocycles. The Kier molecular flexibility index (Phi) is 3.20. The van der Waals surface area contributed by atoms with Crippen LogP contribution in [0.2, 0.25) is 0 Å². The Morgan fingerprint density at radius 1 is 1.17 bits per heavy atom. The minimum absolute atomic E-state index is 0.161. The number of aromatic nitrogens is 1. The highest BCUT2D eigenvalue weighted by Gasteiger charge is 2.14. The number of rotatable bonds is 3. The van der Waals surface area contributed by atoms with Crippen molar-refractivity contribution in [2.45, 2.75) is 11.8 Å². The summed E-state index contributed by atoms with van der Waals surface area (Å²) in [7, 11) is -3.65. The van der Waals surface area contributed by atoms with Crippen molar-refractivity contribution in [3.05, 3.63) is 59.6 Å². The molecule has 0 saturated heterocycles. The van der Waals surface area contributed by atoms with Crippen LogP contribution in [0.5, 0.6) is 0 Å². The molecule has 0 unspecified atom stereocenters. The molecule has 0 fully saturated rings. The monoisotopic (exact) mass is 264 g/mol. The first-order valence-electron chi connectivity index (χ1n) is 5.26. The van der Waals surface area contributed by atoms with Crippen molar-refractivity contribution >= 4 is 15.7 Å².